The van der Waals surface area contributed by atoms with Crippen LogP contribution in [0.25, 0.3) is 0 Å². The second-order valence-corrected chi connectivity index (χ2v) is 8.17. The molecule has 0 aliphatic carbocycles. The maximum Gasteiger partial charge on any atom is 0.231 e. The number of nitrogens with one attached hydrogen (secondary N) is 1. The Morgan fingerprint density at radius 3 is 2.83 bits per heavy atom. The number of carbonyl (C=O) groups is 2. The quantitative estimate of drug-likeness (QED) is 0.779. The molecule has 2 amide bonds. The molecule has 7 heteroatoms. The minimum Gasteiger partial charge on any atom is -0.454 e. The molecule has 29 heavy (non-hydrogen) atoms. The first-order chi connectivity index (χ1) is 14.1. The standard InChI is InChI=1S/C22H29N3O4/c1-24-13-17(22(27)25-9-3-2-4-10-25)6-7-18(14-24)23-21(26)12-16-5-8-19-20(11-16)29-15-28-19/h2-3,5,8,11,17-18H,4,6-7,9-10,12-15H2,1H3,(H,23,26)/t17-,18+/m1/s1. The van der Waals surface area contributed by atoms with Gasteiger partial charge in [0.1, 0.15) is 0 Å². The smallest absolute Gasteiger partial charge is 0.231 e. The SMILES string of the molecule is CN1C[C@@H](NC(=O)Cc2ccc3c(c2)OCO3)CC[C@@H](C(=O)N2CC=CCC2)C1. The lowest BCUT2D eigenvalue weighted by molar-refractivity contribution is -0.135. The summed E-state index contributed by atoms with van der Waals surface area (Å²) < 4.78 is 10.7. The van der Waals surface area contributed by atoms with E-state index in [1.807, 2.05) is 30.1 Å². The minimum atomic E-state index is -0.00629. The Labute approximate surface area is 171 Å². The average Bonchev–Trinajstić information content (AvgIpc) is 3.10. The van der Waals surface area contributed by atoms with Gasteiger partial charge in [-0.15, -0.1) is 0 Å². The molecular formula is C22H29N3O4. The Bertz CT molecular complexity index is 794. The Morgan fingerprint density at radius 2 is 2.00 bits per heavy atom. The van der Waals surface area contributed by atoms with Crippen LogP contribution >= 0.6 is 0 Å². The summed E-state index contributed by atoms with van der Waals surface area (Å²) in [5.74, 6) is 1.65. The zero-order valence-electron chi connectivity index (χ0n) is 16.9. The van der Waals surface area contributed by atoms with E-state index < -0.39 is 0 Å². The highest BCUT2D eigenvalue weighted by atomic mass is 16.7. The first-order valence-corrected chi connectivity index (χ1v) is 10.4. The van der Waals surface area contributed by atoms with Gasteiger partial charge >= 0.3 is 0 Å². The van der Waals surface area contributed by atoms with Gasteiger partial charge in [-0.05, 0) is 44.0 Å². The average molecular weight is 399 g/mol. The number of nitrogens with zero attached hydrogens (tertiary/aromatic N) is 2. The van der Waals surface area contributed by atoms with Crippen LogP contribution in [0.2, 0.25) is 0 Å². The Morgan fingerprint density at radius 1 is 1.14 bits per heavy atom. The summed E-state index contributed by atoms with van der Waals surface area (Å²) in [6, 6.07) is 5.66. The van der Waals surface area contributed by atoms with Crippen molar-refractivity contribution in [2.24, 2.45) is 5.92 Å². The van der Waals surface area contributed by atoms with E-state index in [-0.39, 0.29) is 30.6 Å². The molecule has 0 radical (unpaired) electrons. The zero-order valence-corrected chi connectivity index (χ0v) is 16.9. The molecule has 1 saturated heterocycles. The maximum atomic E-state index is 12.9. The number of hydrogen-bond acceptors (Lipinski definition) is 5. The third-order valence-electron chi connectivity index (χ3n) is 5.81. The van der Waals surface area contributed by atoms with Crippen LogP contribution in [-0.2, 0) is 16.0 Å². The van der Waals surface area contributed by atoms with Crippen molar-refractivity contribution in [2.45, 2.75) is 31.7 Å². The van der Waals surface area contributed by atoms with E-state index in [2.05, 4.69) is 22.4 Å². The number of likely N-dealkylation sites (tertiary alicyclic amines) is 1. The monoisotopic (exact) mass is 399 g/mol. The molecule has 1 aromatic rings. The van der Waals surface area contributed by atoms with E-state index >= 15 is 0 Å². The van der Waals surface area contributed by atoms with Gasteiger partial charge in [-0.3, -0.25) is 9.59 Å². The predicted molar refractivity (Wildman–Crippen MR) is 109 cm³/mol. The van der Waals surface area contributed by atoms with Crippen molar-refractivity contribution in [3.05, 3.63) is 35.9 Å². The summed E-state index contributed by atoms with van der Waals surface area (Å²) in [4.78, 5) is 29.6. The van der Waals surface area contributed by atoms with Crippen LogP contribution in [-0.4, -0.2) is 67.7 Å². The minimum absolute atomic E-state index is 0.00209. The second-order valence-electron chi connectivity index (χ2n) is 8.17. The molecular weight excluding hydrogens is 370 g/mol. The Hall–Kier alpha value is -2.54. The Balaban J connectivity index is 1.30. The van der Waals surface area contributed by atoms with E-state index in [0.717, 1.165) is 56.8 Å². The molecule has 3 heterocycles. The first-order valence-electron chi connectivity index (χ1n) is 10.4. The van der Waals surface area contributed by atoms with Gasteiger partial charge in [-0.25, -0.2) is 0 Å². The van der Waals surface area contributed by atoms with Gasteiger partial charge in [0, 0.05) is 32.2 Å². The topological polar surface area (TPSA) is 71.1 Å². The van der Waals surface area contributed by atoms with Crippen LogP contribution in [0.1, 0.15) is 24.8 Å². The van der Waals surface area contributed by atoms with Crippen LogP contribution in [0.5, 0.6) is 11.5 Å². The number of fused-ring (bicyclic) bond motifs is 1. The van der Waals surface area contributed by atoms with Gasteiger partial charge in [0.25, 0.3) is 0 Å². The molecule has 0 bridgehead atoms. The summed E-state index contributed by atoms with van der Waals surface area (Å²) in [6.45, 7) is 3.26. The molecule has 1 N–H and O–H groups in total. The lowest BCUT2D eigenvalue weighted by Crippen LogP contribution is -2.43. The lowest BCUT2D eigenvalue weighted by Gasteiger charge is -2.28. The van der Waals surface area contributed by atoms with E-state index in [4.69, 9.17) is 9.47 Å². The number of rotatable bonds is 4. The number of likely N-dealkylation sites (N-methyl/N-ethyl adjacent to an activating group) is 1. The third-order valence-corrected chi connectivity index (χ3v) is 5.81. The van der Waals surface area contributed by atoms with E-state index in [9.17, 15) is 9.59 Å². The lowest BCUT2D eigenvalue weighted by atomic mass is 9.99. The van der Waals surface area contributed by atoms with Crippen LogP contribution in [0, 0.1) is 5.92 Å². The molecule has 156 valence electrons. The molecule has 0 spiro atoms. The van der Waals surface area contributed by atoms with Crippen molar-refractivity contribution in [2.75, 3.05) is 40.0 Å². The predicted octanol–water partition coefficient (Wildman–Crippen LogP) is 1.57. The fourth-order valence-electron chi connectivity index (χ4n) is 4.35. The van der Waals surface area contributed by atoms with Gasteiger partial charge in [0.2, 0.25) is 18.6 Å². The summed E-state index contributed by atoms with van der Waals surface area (Å²) in [6.07, 6.45) is 7.07. The highest BCUT2D eigenvalue weighted by Crippen LogP contribution is 2.32. The molecule has 0 aromatic heterocycles. The number of hydrogen-bond donors (Lipinski definition) is 1. The molecule has 0 unspecified atom stereocenters. The van der Waals surface area contributed by atoms with E-state index in [1.54, 1.807) is 0 Å². The van der Waals surface area contributed by atoms with Crippen LogP contribution in [0.3, 0.4) is 0 Å². The summed E-state index contributed by atoms with van der Waals surface area (Å²) in [5.41, 5.74) is 0.903. The van der Waals surface area contributed by atoms with Gasteiger partial charge in [-0.1, -0.05) is 18.2 Å². The van der Waals surface area contributed by atoms with Gasteiger partial charge in [0.05, 0.1) is 12.3 Å². The highest BCUT2D eigenvalue weighted by molar-refractivity contribution is 5.80. The second kappa shape index (κ2) is 8.86. The van der Waals surface area contributed by atoms with Crippen molar-refractivity contribution >= 4 is 11.8 Å². The van der Waals surface area contributed by atoms with Crippen molar-refractivity contribution in [1.29, 1.82) is 0 Å². The van der Waals surface area contributed by atoms with Gasteiger partial charge in [-0.2, -0.15) is 0 Å². The molecule has 2 atom stereocenters. The van der Waals surface area contributed by atoms with E-state index in [1.165, 1.54) is 0 Å². The van der Waals surface area contributed by atoms with Crippen LogP contribution in [0.15, 0.2) is 30.4 Å². The number of ether oxygens (including phenoxy) is 2. The number of carbonyl (C=O) groups excluding carboxylic acids is 2. The van der Waals surface area contributed by atoms with Crippen LogP contribution in [0.4, 0.5) is 0 Å². The normalized spacial score (nSPS) is 24.2. The fourth-order valence-corrected chi connectivity index (χ4v) is 4.35. The largest absolute Gasteiger partial charge is 0.454 e. The fraction of sp³-hybridized carbons (Fsp3) is 0.545. The summed E-state index contributed by atoms with van der Waals surface area (Å²) >= 11 is 0. The molecule has 1 aromatic carbocycles. The maximum absolute atomic E-state index is 12.9. The van der Waals surface area contributed by atoms with Gasteiger partial charge < -0.3 is 24.6 Å². The molecule has 3 aliphatic heterocycles. The first kappa shape index (κ1) is 19.8. The third kappa shape index (κ3) is 4.90. The van der Waals surface area contributed by atoms with E-state index in [0.29, 0.717) is 12.2 Å². The molecule has 3 aliphatic rings. The van der Waals surface area contributed by atoms with Gasteiger partial charge in [0.15, 0.2) is 11.5 Å². The van der Waals surface area contributed by atoms with Crippen molar-refractivity contribution in [3.8, 4) is 11.5 Å². The number of benzene rings is 1. The molecule has 4 rings (SSSR count). The van der Waals surface area contributed by atoms with Crippen LogP contribution < -0.4 is 14.8 Å². The number of amides is 2. The van der Waals surface area contributed by atoms with Crippen molar-refractivity contribution in [3.63, 3.8) is 0 Å². The molecule has 1 fully saturated rings. The highest BCUT2D eigenvalue weighted by Gasteiger charge is 2.30. The zero-order chi connectivity index (χ0) is 20.2. The molecule has 0 saturated carbocycles. The summed E-state index contributed by atoms with van der Waals surface area (Å²) in [5, 5.41) is 3.16. The van der Waals surface area contributed by atoms with Crippen molar-refractivity contribution in [1.82, 2.24) is 15.1 Å². The van der Waals surface area contributed by atoms with Crippen molar-refractivity contribution < 1.29 is 19.1 Å². The summed E-state index contributed by atoms with van der Waals surface area (Å²) in [7, 11) is 2.03. The molecule has 7 nitrogen and oxygen atoms in total. The Kier molecular flexibility index (Phi) is 6.04.